The van der Waals surface area contributed by atoms with Gasteiger partial charge in [0.05, 0.1) is 17.1 Å². The van der Waals surface area contributed by atoms with Gasteiger partial charge in [0.15, 0.2) is 0 Å². The van der Waals surface area contributed by atoms with E-state index in [1.54, 1.807) is 13.0 Å². The van der Waals surface area contributed by atoms with Crippen molar-refractivity contribution in [2.24, 2.45) is 0 Å². The van der Waals surface area contributed by atoms with E-state index < -0.39 is 0 Å². The van der Waals surface area contributed by atoms with Crippen LogP contribution >= 0.6 is 0 Å². The molecule has 154 valence electrons. The highest BCUT2D eigenvalue weighted by Gasteiger charge is 2.31. The summed E-state index contributed by atoms with van der Waals surface area (Å²) < 4.78 is 21.7. The maximum Gasteiger partial charge on any atom is 0.326 e. The summed E-state index contributed by atoms with van der Waals surface area (Å²) in [4.78, 5) is 18.0. The predicted octanol–water partition coefficient (Wildman–Crippen LogP) is 4.15. The fourth-order valence-corrected chi connectivity index (χ4v) is 5.01. The monoisotopic (exact) mass is 389 g/mol. The zero-order valence-corrected chi connectivity index (χ0v) is 17.0. The van der Waals surface area contributed by atoms with Gasteiger partial charge in [-0.2, -0.15) is 0 Å². The molecule has 28 heavy (non-hydrogen) atoms. The predicted molar refractivity (Wildman–Crippen MR) is 109 cm³/mol. The van der Waals surface area contributed by atoms with Crippen molar-refractivity contribution in [3.05, 3.63) is 34.0 Å². The van der Waals surface area contributed by atoms with E-state index in [0.29, 0.717) is 23.2 Å². The molecule has 2 aromatic rings. The Balaban J connectivity index is 1.43. The molecule has 1 aromatic heterocycles. The number of aromatic amines is 1. The highest BCUT2D eigenvalue weighted by molar-refractivity contribution is 5.76. The van der Waals surface area contributed by atoms with E-state index in [4.69, 9.17) is 4.74 Å². The van der Waals surface area contributed by atoms with Crippen LogP contribution in [-0.4, -0.2) is 46.3 Å². The van der Waals surface area contributed by atoms with E-state index in [0.717, 1.165) is 50.9 Å². The standard InChI is InChI=1S/C22H32FN3O2/c1-3-11-28-18-6-4-5-17(13-18)25-9-7-16(8-10-25)26-21-12-15(2)19(23)14-20(21)24-22(26)27/h12,14,16-18H,3-11,13H2,1-2H3,(H,24,27)/t17-,18+/m1/s1. The number of benzene rings is 1. The summed E-state index contributed by atoms with van der Waals surface area (Å²) in [5.74, 6) is -0.270. The number of nitrogens with one attached hydrogen (secondary N) is 1. The number of hydrogen-bond acceptors (Lipinski definition) is 3. The van der Waals surface area contributed by atoms with Gasteiger partial charge in [0.1, 0.15) is 5.82 Å². The number of imidazole rings is 1. The number of nitrogens with zero attached hydrogens (tertiary/aromatic N) is 2. The molecule has 0 spiro atoms. The topological polar surface area (TPSA) is 50.3 Å². The molecule has 2 aliphatic rings. The highest BCUT2D eigenvalue weighted by Crippen LogP contribution is 2.31. The zero-order valence-electron chi connectivity index (χ0n) is 17.0. The van der Waals surface area contributed by atoms with Gasteiger partial charge in [0.25, 0.3) is 0 Å². The van der Waals surface area contributed by atoms with Crippen molar-refractivity contribution in [2.45, 2.75) is 77.0 Å². The first-order valence-corrected chi connectivity index (χ1v) is 10.8. The van der Waals surface area contributed by atoms with Crippen molar-refractivity contribution < 1.29 is 9.13 Å². The minimum Gasteiger partial charge on any atom is -0.378 e. The number of H-pyrrole nitrogens is 1. The smallest absolute Gasteiger partial charge is 0.326 e. The summed E-state index contributed by atoms with van der Waals surface area (Å²) in [7, 11) is 0. The van der Waals surface area contributed by atoms with Crippen LogP contribution in [0, 0.1) is 12.7 Å². The third kappa shape index (κ3) is 3.90. The fraction of sp³-hybridized carbons (Fsp3) is 0.682. The molecular formula is C22H32FN3O2. The third-order valence-electron chi connectivity index (χ3n) is 6.53. The van der Waals surface area contributed by atoms with Crippen LogP contribution in [0.5, 0.6) is 0 Å². The molecule has 1 N–H and O–H groups in total. The van der Waals surface area contributed by atoms with Crippen molar-refractivity contribution in [1.82, 2.24) is 14.5 Å². The fourth-order valence-electron chi connectivity index (χ4n) is 5.01. The van der Waals surface area contributed by atoms with Gasteiger partial charge >= 0.3 is 5.69 Å². The summed E-state index contributed by atoms with van der Waals surface area (Å²) in [6.07, 6.45) is 8.22. The molecule has 1 saturated heterocycles. The largest absolute Gasteiger partial charge is 0.378 e. The maximum atomic E-state index is 13.8. The second-order valence-electron chi connectivity index (χ2n) is 8.50. The minimum absolute atomic E-state index is 0.121. The molecule has 0 amide bonds. The molecule has 1 aliphatic heterocycles. The number of ether oxygens (including phenoxy) is 1. The lowest BCUT2D eigenvalue weighted by Crippen LogP contribution is -2.46. The molecule has 0 unspecified atom stereocenters. The Morgan fingerprint density at radius 2 is 1.96 bits per heavy atom. The molecule has 4 rings (SSSR count). The number of aromatic nitrogens is 2. The third-order valence-corrected chi connectivity index (χ3v) is 6.53. The van der Waals surface area contributed by atoms with Crippen LogP contribution in [0.4, 0.5) is 4.39 Å². The quantitative estimate of drug-likeness (QED) is 0.836. The summed E-state index contributed by atoms with van der Waals surface area (Å²) in [6.45, 7) is 6.79. The summed E-state index contributed by atoms with van der Waals surface area (Å²) in [6, 6.07) is 4.02. The number of hydrogen-bond donors (Lipinski definition) is 1. The van der Waals surface area contributed by atoms with Gasteiger partial charge in [0, 0.05) is 31.8 Å². The lowest BCUT2D eigenvalue weighted by atomic mass is 9.90. The molecule has 2 atom stereocenters. The molecule has 6 heteroatoms. The van der Waals surface area contributed by atoms with E-state index in [9.17, 15) is 9.18 Å². The molecular weight excluding hydrogens is 357 g/mol. The van der Waals surface area contributed by atoms with Gasteiger partial charge in [-0.05, 0) is 69.6 Å². The van der Waals surface area contributed by atoms with Crippen molar-refractivity contribution in [2.75, 3.05) is 19.7 Å². The van der Waals surface area contributed by atoms with E-state index >= 15 is 0 Å². The summed E-state index contributed by atoms with van der Waals surface area (Å²) in [5.41, 5.74) is 1.88. The maximum absolute atomic E-state index is 13.8. The Bertz CT molecular complexity index is 867. The van der Waals surface area contributed by atoms with Gasteiger partial charge in [0.2, 0.25) is 0 Å². The van der Waals surface area contributed by atoms with Crippen LogP contribution < -0.4 is 5.69 Å². The van der Waals surface area contributed by atoms with Gasteiger partial charge in [-0.25, -0.2) is 9.18 Å². The summed E-state index contributed by atoms with van der Waals surface area (Å²) in [5, 5.41) is 0. The minimum atomic E-state index is -0.270. The number of fused-ring (bicyclic) bond motifs is 1. The molecule has 1 aliphatic carbocycles. The average molecular weight is 390 g/mol. The van der Waals surface area contributed by atoms with Gasteiger partial charge in [-0.15, -0.1) is 0 Å². The van der Waals surface area contributed by atoms with Crippen LogP contribution in [0.25, 0.3) is 11.0 Å². The molecule has 1 saturated carbocycles. The normalized spacial score (nSPS) is 24.8. The van der Waals surface area contributed by atoms with Crippen LogP contribution in [-0.2, 0) is 4.74 Å². The Morgan fingerprint density at radius 3 is 2.71 bits per heavy atom. The Hall–Kier alpha value is -1.66. The van der Waals surface area contributed by atoms with Crippen LogP contribution in [0.15, 0.2) is 16.9 Å². The molecule has 1 aromatic carbocycles. The number of aryl methyl sites for hydroxylation is 1. The van der Waals surface area contributed by atoms with Crippen LogP contribution in [0.1, 0.15) is 63.5 Å². The molecule has 2 fully saturated rings. The first kappa shape index (κ1) is 19.6. The average Bonchev–Trinajstić information content (AvgIpc) is 3.01. The van der Waals surface area contributed by atoms with E-state index in [1.807, 2.05) is 4.57 Å². The van der Waals surface area contributed by atoms with Crippen LogP contribution in [0.3, 0.4) is 0 Å². The first-order chi connectivity index (χ1) is 13.6. The second-order valence-corrected chi connectivity index (χ2v) is 8.50. The Kier molecular flexibility index (Phi) is 5.88. The highest BCUT2D eigenvalue weighted by atomic mass is 19.1. The Labute approximate surface area is 165 Å². The van der Waals surface area contributed by atoms with Gasteiger partial charge in [-0.3, -0.25) is 4.57 Å². The molecule has 0 radical (unpaired) electrons. The summed E-state index contributed by atoms with van der Waals surface area (Å²) >= 11 is 0. The Morgan fingerprint density at radius 1 is 1.18 bits per heavy atom. The van der Waals surface area contributed by atoms with Crippen LogP contribution in [0.2, 0.25) is 0 Å². The lowest BCUT2D eigenvalue weighted by molar-refractivity contribution is -0.00714. The number of rotatable bonds is 5. The molecule has 5 nitrogen and oxygen atoms in total. The van der Waals surface area contributed by atoms with Crippen molar-refractivity contribution in [3.63, 3.8) is 0 Å². The molecule has 2 heterocycles. The van der Waals surface area contributed by atoms with Gasteiger partial charge < -0.3 is 14.6 Å². The van der Waals surface area contributed by atoms with E-state index in [-0.39, 0.29) is 17.5 Å². The second kappa shape index (κ2) is 8.37. The zero-order chi connectivity index (χ0) is 19.7. The van der Waals surface area contributed by atoms with E-state index in [2.05, 4.69) is 16.8 Å². The van der Waals surface area contributed by atoms with Crippen molar-refractivity contribution in [3.8, 4) is 0 Å². The SMILES string of the molecule is CCCO[C@H]1CCC[C@@H](N2CCC(n3c(=O)[nH]c4cc(F)c(C)cc43)CC2)C1. The van der Waals surface area contributed by atoms with Gasteiger partial charge in [-0.1, -0.05) is 6.92 Å². The number of likely N-dealkylation sites (tertiary alicyclic amines) is 1. The van der Waals surface area contributed by atoms with Crippen molar-refractivity contribution in [1.29, 1.82) is 0 Å². The van der Waals surface area contributed by atoms with Crippen molar-refractivity contribution >= 4 is 11.0 Å². The lowest BCUT2D eigenvalue weighted by Gasteiger charge is -2.41. The first-order valence-electron chi connectivity index (χ1n) is 10.8. The molecule has 0 bridgehead atoms. The van der Waals surface area contributed by atoms with E-state index in [1.165, 1.54) is 25.3 Å². The number of halogens is 1. The number of piperidine rings is 1.